The zero-order chi connectivity index (χ0) is 9.26. The van der Waals surface area contributed by atoms with Crippen molar-refractivity contribution in [3.8, 4) is 5.75 Å². The molecule has 0 heterocycles. The molecule has 0 aromatic heterocycles. The van der Waals surface area contributed by atoms with Crippen molar-refractivity contribution in [2.75, 3.05) is 12.4 Å². The first-order valence-electron chi connectivity index (χ1n) is 4.43. The van der Waals surface area contributed by atoms with Crippen LogP contribution in [0.3, 0.4) is 0 Å². The Hall–Kier alpha value is -1.25. The molecule has 13 heavy (non-hydrogen) atoms. The second-order valence-corrected chi connectivity index (χ2v) is 3.21. The molecule has 2 nitrogen and oxygen atoms in total. The number of benzene rings is 1. The topological polar surface area (TPSA) is 21.3 Å². The van der Waals surface area contributed by atoms with Crippen LogP contribution in [0.15, 0.2) is 18.2 Å². The zero-order valence-electron chi connectivity index (χ0n) is 7.51. The fraction of sp³-hybridized carbons (Fsp3) is 0.400. The van der Waals surface area contributed by atoms with Gasteiger partial charge in [-0.1, -0.05) is 0 Å². The van der Waals surface area contributed by atoms with Gasteiger partial charge in [-0.25, -0.2) is 4.39 Å². The molecule has 70 valence electrons. The van der Waals surface area contributed by atoms with E-state index in [-0.39, 0.29) is 5.82 Å². The molecule has 1 saturated carbocycles. The minimum Gasteiger partial charge on any atom is -0.490 e. The van der Waals surface area contributed by atoms with E-state index in [1.54, 1.807) is 19.2 Å². The van der Waals surface area contributed by atoms with E-state index < -0.39 is 0 Å². The first kappa shape index (κ1) is 8.35. The first-order valence-corrected chi connectivity index (χ1v) is 4.43. The Morgan fingerprint density at radius 1 is 1.46 bits per heavy atom. The summed E-state index contributed by atoms with van der Waals surface area (Å²) in [5.41, 5.74) is 0.503. The minimum atomic E-state index is -0.263. The van der Waals surface area contributed by atoms with Gasteiger partial charge in [0.15, 0.2) is 0 Å². The maximum absolute atomic E-state index is 13.2. The summed E-state index contributed by atoms with van der Waals surface area (Å²) in [5.74, 6) is 0.361. The lowest BCUT2D eigenvalue weighted by atomic mass is 10.3. The van der Waals surface area contributed by atoms with Gasteiger partial charge in [0.05, 0.1) is 11.8 Å². The molecule has 0 aliphatic heterocycles. The molecular formula is C10H12FNO. The molecular weight excluding hydrogens is 169 g/mol. The molecule has 0 radical (unpaired) electrons. The number of hydrogen-bond donors (Lipinski definition) is 1. The largest absolute Gasteiger partial charge is 0.490 e. The molecule has 0 amide bonds. The van der Waals surface area contributed by atoms with Gasteiger partial charge in [0.25, 0.3) is 0 Å². The highest BCUT2D eigenvalue weighted by molar-refractivity contribution is 5.47. The van der Waals surface area contributed by atoms with Crippen molar-refractivity contribution >= 4 is 5.69 Å². The van der Waals surface area contributed by atoms with E-state index in [0.717, 1.165) is 12.8 Å². The fourth-order valence-electron chi connectivity index (χ4n) is 1.15. The normalized spacial score (nSPS) is 15.5. The third-order valence-electron chi connectivity index (χ3n) is 2.04. The monoisotopic (exact) mass is 181 g/mol. The molecule has 0 saturated heterocycles. The van der Waals surface area contributed by atoms with Gasteiger partial charge in [0.2, 0.25) is 0 Å². The Bertz CT molecular complexity index is 310. The van der Waals surface area contributed by atoms with E-state index in [1.807, 2.05) is 0 Å². The molecule has 2 rings (SSSR count). The van der Waals surface area contributed by atoms with Crippen molar-refractivity contribution < 1.29 is 9.13 Å². The van der Waals surface area contributed by atoms with E-state index in [2.05, 4.69) is 5.32 Å². The van der Waals surface area contributed by atoms with Gasteiger partial charge in [0, 0.05) is 13.1 Å². The van der Waals surface area contributed by atoms with Crippen LogP contribution < -0.4 is 10.1 Å². The lowest BCUT2D eigenvalue weighted by Crippen LogP contribution is -1.98. The van der Waals surface area contributed by atoms with Crippen LogP contribution in [0, 0.1) is 5.82 Å². The van der Waals surface area contributed by atoms with Crippen molar-refractivity contribution in [1.82, 2.24) is 0 Å². The Labute approximate surface area is 76.7 Å². The number of anilines is 1. The van der Waals surface area contributed by atoms with Crippen LogP contribution in [-0.4, -0.2) is 13.2 Å². The van der Waals surface area contributed by atoms with Crippen LogP contribution in [0.25, 0.3) is 0 Å². The van der Waals surface area contributed by atoms with Crippen LogP contribution >= 0.6 is 0 Å². The SMILES string of the molecule is CNc1ccc(OC2CC2)cc1F. The molecule has 1 fully saturated rings. The molecule has 1 aliphatic carbocycles. The lowest BCUT2D eigenvalue weighted by molar-refractivity contribution is 0.302. The first-order chi connectivity index (χ1) is 6.29. The summed E-state index contributed by atoms with van der Waals surface area (Å²) in [5, 5.41) is 2.76. The predicted molar refractivity (Wildman–Crippen MR) is 49.6 cm³/mol. The van der Waals surface area contributed by atoms with Crippen LogP contribution in [0.2, 0.25) is 0 Å². The van der Waals surface area contributed by atoms with Crippen LogP contribution in [0.4, 0.5) is 10.1 Å². The Kier molecular flexibility index (Phi) is 2.08. The van der Waals surface area contributed by atoms with Crippen molar-refractivity contribution in [2.45, 2.75) is 18.9 Å². The summed E-state index contributed by atoms with van der Waals surface area (Å²) in [6.45, 7) is 0. The van der Waals surface area contributed by atoms with Gasteiger partial charge in [0.1, 0.15) is 11.6 Å². The summed E-state index contributed by atoms with van der Waals surface area (Å²) in [4.78, 5) is 0. The summed E-state index contributed by atoms with van der Waals surface area (Å²) in [6, 6.07) is 4.89. The highest BCUT2D eigenvalue weighted by Crippen LogP contribution is 2.28. The third-order valence-corrected chi connectivity index (χ3v) is 2.04. The third kappa shape index (κ3) is 1.91. The second kappa shape index (κ2) is 3.24. The number of nitrogens with one attached hydrogen (secondary N) is 1. The average Bonchev–Trinajstić information content (AvgIpc) is 2.89. The van der Waals surface area contributed by atoms with E-state index >= 15 is 0 Å². The van der Waals surface area contributed by atoms with E-state index in [0.29, 0.717) is 17.5 Å². The zero-order valence-corrected chi connectivity index (χ0v) is 7.51. The molecule has 0 atom stereocenters. The number of ether oxygens (including phenoxy) is 1. The molecule has 1 aromatic rings. The Balaban J connectivity index is 2.13. The molecule has 1 N–H and O–H groups in total. The van der Waals surface area contributed by atoms with Crippen LogP contribution in [0.5, 0.6) is 5.75 Å². The number of hydrogen-bond acceptors (Lipinski definition) is 2. The quantitative estimate of drug-likeness (QED) is 0.773. The second-order valence-electron chi connectivity index (χ2n) is 3.21. The fourth-order valence-corrected chi connectivity index (χ4v) is 1.15. The maximum Gasteiger partial charge on any atom is 0.149 e. The lowest BCUT2D eigenvalue weighted by Gasteiger charge is -2.06. The van der Waals surface area contributed by atoms with Gasteiger partial charge < -0.3 is 10.1 Å². The molecule has 1 aliphatic rings. The van der Waals surface area contributed by atoms with Gasteiger partial charge >= 0.3 is 0 Å². The predicted octanol–water partition coefficient (Wildman–Crippen LogP) is 2.41. The van der Waals surface area contributed by atoms with Gasteiger partial charge in [-0.05, 0) is 25.0 Å². The number of rotatable bonds is 3. The molecule has 3 heteroatoms. The van der Waals surface area contributed by atoms with Crippen molar-refractivity contribution in [3.63, 3.8) is 0 Å². The van der Waals surface area contributed by atoms with Crippen molar-refractivity contribution in [2.24, 2.45) is 0 Å². The van der Waals surface area contributed by atoms with Crippen molar-refractivity contribution in [1.29, 1.82) is 0 Å². The number of halogens is 1. The summed E-state index contributed by atoms with van der Waals surface area (Å²) < 4.78 is 18.6. The van der Waals surface area contributed by atoms with E-state index in [9.17, 15) is 4.39 Å². The summed E-state index contributed by atoms with van der Waals surface area (Å²) in [7, 11) is 1.69. The average molecular weight is 181 g/mol. The Morgan fingerprint density at radius 2 is 2.23 bits per heavy atom. The highest BCUT2D eigenvalue weighted by Gasteiger charge is 2.23. The summed E-state index contributed by atoms with van der Waals surface area (Å²) >= 11 is 0. The highest BCUT2D eigenvalue weighted by atomic mass is 19.1. The molecule has 1 aromatic carbocycles. The summed E-state index contributed by atoms with van der Waals surface area (Å²) in [6.07, 6.45) is 2.50. The van der Waals surface area contributed by atoms with Gasteiger partial charge in [-0.15, -0.1) is 0 Å². The van der Waals surface area contributed by atoms with E-state index in [1.165, 1.54) is 6.07 Å². The Morgan fingerprint density at radius 3 is 2.77 bits per heavy atom. The molecule has 0 spiro atoms. The van der Waals surface area contributed by atoms with E-state index in [4.69, 9.17) is 4.74 Å². The maximum atomic E-state index is 13.2. The standard InChI is InChI=1S/C10H12FNO/c1-12-10-5-4-8(6-9(10)11)13-7-2-3-7/h4-7,12H,2-3H2,1H3. The smallest absolute Gasteiger partial charge is 0.149 e. The van der Waals surface area contributed by atoms with Crippen molar-refractivity contribution in [3.05, 3.63) is 24.0 Å². The van der Waals surface area contributed by atoms with Crippen LogP contribution in [-0.2, 0) is 0 Å². The van der Waals surface area contributed by atoms with Gasteiger partial charge in [-0.3, -0.25) is 0 Å². The molecule has 0 unspecified atom stereocenters. The van der Waals surface area contributed by atoms with Gasteiger partial charge in [-0.2, -0.15) is 0 Å². The van der Waals surface area contributed by atoms with Crippen LogP contribution in [0.1, 0.15) is 12.8 Å². The molecule has 0 bridgehead atoms. The minimum absolute atomic E-state index is 0.263.